The van der Waals surface area contributed by atoms with Gasteiger partial charge in [-0.05, 0) is 68.1 Å². The first-order valence-corrected chi connectivity index (χ1v) is 11.4. The Morgan fingerprint density at radius 1 is 1.10 bits per heavy atom. The van der Waals surface area contributed by atoms with E-state index in [-0.39, 0.29) is 11.9 Å². The monoisotopic (exact) mass is 418 g/mol. The van der Waals surface area contributed by atoms with Crippen molar-refractivity contribution in [2.24, 2.45) is 0 Å². The molecule has 0 atom stereocenters. The van der Waals surface area contributed by atoms with E-state index in [0.717, 1.165) is 41.4 Å². The first-order valence-electron chi connectivity index (χ1n) is 11.4. The summed E-state index contributed by atoms with van der Waals surface area (Å²) in [5.41, 5.74) is 5.08. The van der Waals surface area contributed by atoms with Gasteiger partial charge in [0.25, 0.3) is 5.91 Å². The molecule has 162 valence electrons. The van der Waals surface area contributed by atoms with Crippen LogP contribution in [0, 0.1) is 0 Å². The van der Waals surface area contributed by atoms with E-state index < -0.39 is 0 Å². The summed E-state index contributed by atoms with van der Waals surface area (Å²) in [4.78, 5) is 23.2. The number of likely N-dealkylation sites (tertiary alicyclic amines) is 1. The molecular formula is C25H30N4O2. The topological polar surface area (TPSA) is 70.2 Å². The first-order chi connectivity index (χ1) is 15.3. The molecule has 1 amide bonds. The van der Waals surface area contributed by atoms with Gasteiger partial charge in [0.15, 0.2) is 0 Å². The van der Waals surface area contributed by atoms with Crippen molar-refractivity contribution in [3.05, 3.63) is 54.0 Å². The molecule has 6 nitrogen and oxygen atoms in total. The summed E-state index contributed by atoms with van der Waals surface area (Å²) in [5, 5.41) is 4.12. The number of amides is 1. The van der Waals surface area contributed by atoms with E-state index in [1.54, 1.807) is 0 Å². The summed E-state index contributed by atoms with van der Waals surface area (Å²) in [5.74, 6) is -0.0210. The SMILES string of the molecule is O=C(NC1CCOCC1)c1c[nH]c2ccc(-c3cncc(CN4CCCCC4)c3)cc12. The molecule has 0 unspecified atom stereocenters. The van der Waals surface area contributed by atoms with Gasteiger partial charge >= 0.3 is 0 Å². The highest BCUT2D eigenvalue weighted by Crippen LogP contribution is 2.27. The minimum absolute atomic E-state index is 0.0210. The number of ether oxygens (including phenoxy) is 1. The van der Waals surface area contributed by atoms with Gasteiger partial charge in [0.1, 0.15) is 0 Å². The third kappa shape index (κ3) is 4.65. The number of rotatable bonds is 5. The fraction of sp³-hybridized carbons (Fsp3) is 0.440. The van der Waals surface area contributed by atoms with Crippen molar-refractivity contribution in [3.8, 4) is 11.1 Å². The minimum atomic E-state index is -0.0210. The Morgan fingerprint density at radius 3 is 2.77 bits per heavy atom. The standard InChI is InChI=1S/C25H30N4O2/c30-25(28-21-6-10-31-11-7-21)23-16-27-24-5-4-19(13-22(23)24)20-12-18(14-26-15-20)17-29-8-2-1-3-9-29/h4-5,12-16,21,27H,1-3,6-11,17H2,(H,28,30). The largest absolute Gasteiger partial charge is 0.381 e. The maximum atomic E-state index is 12.9. The van der Waals surface area contributed by atoms with Crippen LogP contribution in [-0.2, 0) is 11.3 Å². The van der Waals surface area contributed by atoms with Crippen molar-refractivity contribution in [1.29, 1.82) is 0 Å². The van der Waals surface area contributed by atoms with E-state index in [0.29, 0.717) is 18.8 Å². The van der Waals surface area contributed by atoms with Crippen LogP contribution in [0.3, 0.4) is 0 Å². The Bertz CT molecular complexity index is 1050. The fourth-order valence-corrected chi connectivity index (χ4v) is 4.70. The Kier molecular flexibility index (Phi) is 6.00. The van der Waals surface area contributed by atoms with Crippen LogP contribution in [0.15, 0.2) is 42.9 Å². The lowest BCUT2D eigenvalue weighted by Gasteiger charge is -2.26. The number of carbonyl (C=O) groups is 1. The van der Waals surface area contributed by atoms with Crippen LogP contribution in [0.5, 0.6) is 0 Å². The molecule has 4 heterocycles. The third-order valence-corrected chi connectivity index (χ3v) is 6.47. The Hall–Kier alpha value is -2.70. The number of hydrogen-bond donors (Lipinski definition) is 2. The molecule has 3 aromatic rings. The number of aromatic nitrogens is 2. The molecule has 31 heavy (non-hydrogen) atoms. The summed E-state index contributed by atoms with van der Waals surface area (Å²) in [7, 11) is 0. The molecule has 6 heteroatoms. The van der Waals surface area contributed by atoms with Gasteiger partial charge in [-0.2, -0.15) is 0 Å². The highest BCUT2D eigenvalue weighted by Gasteiger charge is 2.19. The van der Waals surface area contributed by atoms with Gasteiger partial charge < -0.3 is 15.0 Å². The zero-order chi connectivity index (χ0) is 21.0. The van der Waals surface area contributed by atoms with Crippen molar-refractivity contribution >= 4 is 16.8 Å². The molecule has 5 rings (SSSR count). The highest BCUT2D eigenvalue weighted by molar-refractivity contribution is 6.07. The molecule has 2 saturated heterocycles. The van der Waals surface area contributed by atoms with Gasteiger partial charge in [-0.25, -0.2) is 0 Å². The van der Waals surface area contributed by atoms with Gasteiger partial charge in [-0.15, -0.1) is 0 Å². The molecule has 0 bridgehead atoms. The second-order valence-corrected chi connectivity index (χ2v) is 8.74. The Morgan fingerprint density at radius 2 is 1.94 bits per heavy atom. The first kappa shape index (κ1) is 20.2. The quantitative estimate of drug-likeness (QED) is 0.654. The van der Waals surface area contributed by atoms with Gasteiger partial charge in [0, 0.05) is 60.9 Å². The van der Waals surface area contributed by atoms with Crippen LogP contribution < -0.4 is 5.32 Å². The van der Waals surface area contributed by atoms with Crippen molar-refractivity contribution in [1.82, 2.24) is 20.2 Å². The molecule has 0 radical (unpaired) electrons. The Balaban J connectivity index is 1.37. The molecule has 1 aromatic carbocycles. The predicted octanol–water partition coefficient (Wildman–Crippen LogP) is 4.12. The van der Waals surface area contributed by atoms with Crippen LogP contribution in [0.4, 0.5) is 0 Å². The molecule has 0 spiro atoms. The molecular weight excluding hydrogens is 388 g/mol. The number of benzene rings is 1. The second-order valence-electron chi connectivity index (χ2n) is 8.74. The summed E-state index contributed by atoms with van der Waals surface area (Å²) >= 11 is 0. The van der Waals surface area contributed by atoms with Crippen LogP contribution in [0.25, 0.3) is 22.0 Å². The van der Waals surface area contributed by atoms with Gasteiger partial charge in [-0.3, -0.25) is 14.7 Å². The van der Waals surface area contributed by atoms with E-state index in [2.05, 4.69) is 38.4 Å². The van der Waals surface area contributed by atoms with Gasteiger partial charge in [-0.1, -0.05) is 12.5 Å². The van der Waals surface area contributed by atoms with E-state index >= 15 is 0 Å². The summed E-state index contributed by atoms with van der Waals surface area (Å²) in [6, 6.07) is 8.67. The van der Waals surface area contributed by atoms with Crippen LogP contribution in [0.1, 0.15) is 48.0 Å². The molecule has 2 aromatic heterocycles. The number of nitrogens with one attached hydrogen (secondary N) is 2. The van der Waals surface area contributed by atoms with E-state index in [1.165, 1.54) is 37.9 Å². The average molecular weight is 419 g/mol. The molecule has 2 aliphatic heterocycles. The van der Waals surface area contributed by atoms with Gasteiger partial charge in [0.05, 0.1) is 5.56 Å². The number of aromatic amines is 1. The summed E-state index contributed by atoms with van der Waals surface area (Å²) < 4.78 is 5.40. The summed E-state index contributed by atoms with van der Waals surface area (Å²) in [6.07, 6.45) is 11.4. The highest BCUT2D eigenvalue weighted by atomic mass is 16.5. The van der Waals surface area contributed by atoms with Crippen molar-refractivity contribution in [3.63, 3.8) is 0 Å². The smallest absolute Gasteiger partial charge is 0.253 e. The maximum Gasteiger partial charge on any atom is 0.253 e. The number of H-pyrrole nitrogens is 1. The molecule has 2 aliphatic rings. The third-order valence-electron chi connectivity index (χ3n) is 6.47. The zero-order valence-electron chi connectivity index (χ0n) is 17.9. The van der Waals surface area contributed by atoms with Crippen molar-refractivity contribution in [2.45, 2.75) is 44.7 Å². The van der Waals surface area contributed by atoms with Crippen LogP contribution >= 0.6 is 0 Å². The van der Waals surface area contributed by atoms with E-state index in [9.17, 15) is 4.79 Å². The lowest BCUT2D eigenvalue weighted by Crippen LogP contribution is -2.38. The fourth-order valence-electron chi connectivity index (χ4n) is 4.70. The zero-order valence-corrected chi connectivity index (χ0v) is 17.9. The number of hydrogen-bond acceptors (Lipinski definition) is 4. The number of carbonyl (C=O) groups excluding carboxylic acids is 1. The van der Waals surface area contributed by atoms with Crippen molar-refractivity contribution in [2.75, 3.05) is 26.3 Å². The molecule has 2 fully saturated rings. The number of piperidine rings is 1. The lowest BCUT2D eigenvalue weighted by molar-refractivity contribution is 0.0697. The van der Waals surface area contributed by atoms with Crippen LogP contribution in [0.2, 0.25) is 0 Å². The van der Waals surface area contributed by atoms with E-state index in [1.807, 2.05) is 24.7 Å². The minimum Gasteiger partial charge on any atom is -0.381 e. The normalized spacial score (nSPS) is 18.3. The number of nitrogens with zero attached hydrogens (tertiary/aromatic N) is 2. The molecule has 0 aliphatic carbocycles. The maximum absolute atomic E-state index is 12.9. The number of pyridine rings is 1. The van der Waals surface area contributed by atoms with Crippen molar-refractivity contribution < 1.29 is 9.53 Å². The van der Waals surface area contributed by atoms with E-state index in [4.69, 9.17) is 4.74 Å². The second kappa shape index (κ2) is 9.20. The predicted molar refractivity (Wildman–Crippen MR) is 122 cm³/mol. The molecule has 2 N–H and O–H groups in total. The van der Waals surface area contributed by atoms with Gasteiger partial charge in [0.2, 0.25) is 0 Å². The molecule has 0 saturated carbocycles. The van der Waals surface area contributed by atoms with Crippen LogP contribution in [-0.4, -0.2) is 53.1 Å². The summed E-state index contributed by atoms with van der Waals surface area (Å²) in [6.45, 7) is 4.72. The average Bonchev–Trinajstić information content (AvgIpc) is 3.24. The lowest BCUT2D eigenvalue weighted by atomic mass is 10.0. The Labute approximate surface area is 183 Å². The number of fused-ring (bicyclic) bond motifs is 1.